The predicted molar refractivity (Wildman–Crippen MR) is 95.3 cm³/mol. The zero-order valence-electron chi connectivity index (χ0n) is 14.3. The molecule has 0 unspecified atom stereocenters. The highest BCUT2D eigenvalue weighted by molar-refractivity contribution is 5.99. The third-order valence-corrected chi connectivity index (χ3v) is 5.24. The Morgan fingerprint density at radius 1 is 1.04 bits per heavy atom. The fraction of sp³-hybridized carbons (Fsp3) is 0.611. The largest absolute Gasteiger partial charge is 0.371 e. The number of rotatable bonds is 3. The van der Waals surface area contributed by atoms with Crippen molar-refractivity contribution in [2.24, 2.45) is 11.7 Å². The van der Waals surface area contributed by atoms with E-state index in [4.69, 9.17) is 5.73 Å². The van der Waals surface area contributed by atoms with E-state index in [0.29, 0.717) is 5.56 Å². The molecule has 1 aromatic carbocycles. The molecule has 5 nitrogen and oxygen atoms in total. The lowest BCUT2D eigenvalue weighted by Crippen LogP contribution is -2.44. The fourth-order valence-electron chi connectivity index (χ4n) is 3.50. The van der Waals surface area contributed by atoms with E-state index in [9.17, 15) is 4.79 Å². The Morgan fingerprint density at radius 2 is 1.70 bits per heavy atom. The van der Waals surface area contributed by atoms with Gasteiger partial charge in [0.1, 0.15) is 0 Å². The van der Waals surface area contributed by atoms with Gasteiger partial charge in [0.15, 0.2) is 0 Å². The van der Waals surface area contributed by atoms with Crippen molar-refractivity contribution in [3.8, 4) is 0 Å². The Kier molecular flexibility index (Phi) is 4.76. The van der Waals surface area contributed by atoms with E-state index in [2.05, 4.69) is 34.7 Å². The molecule has 1 amide bonds. The van der Waals surface area contributed by atoms with Crippen molar-refractivity contribution in [2.45, 2.75) is 19.8 Å². The summed E-state index contributed by atoms with van der Waals surface area (Å²) in [4.78, 5) is 18.9. The Bertz CT molecular complexity index is 558. The zero-order chi connectivity index (χ0) is 16.4. The normalized spacial score (nSPS) is 20.8. The molecule has 5 heteroatoms. The van der Waals surface area contributed by atoms with Crippen molar-refractivity contribution >= 4 is 17.3 Å². The summed E-state index contributed by atoms with van der Waals surface area (Å²) in [5, 5.41) is 0. The lowest BCUT2D eigenvalue weighted by atomic mass is 9.97. The number of nitrogens with zero attached hydrogens (tertiary/aromatic N) is 3. The van der Waals surface area contributed by atoms with Crippen LogP contribution in [0.15, 0.2) is 18.2 Å². The monoisotopic (exact) mass is 316 g/mol. The van der Waals surface area contributed by atoms with Gasteiger partial charge in [0.05, 0.1) is 11.3 Å². The molecule has 2 N–H and O–H groups in total. The van der Waals surface area contributed by atoms with Crippen LogP contribution in [-0.4, -0.2) is 57.1 Å². The van der Waals surface area contributed by atoms with E-state index in [1.807, 2.05) is 12.1 Å². The molecule has 2 aliphatic rings. The van der Waals surface area contributed by atoms with Gasteiger partial charge >= 0.3 is 0 Å². The molecule has 0 aliphatic carbocycles. The van der Waals surface area contributed by atoms with Crippen LogP contribution in [0.5, 0.6) is 0 Å². The topological polar surface area (TPSA) is 52.8 Å². The number of nitrogens with two attached hydrogens (primary N) is 1. The number of amides is 1. The number of hydrogen-bond donors (Lipinski definition) is 1. The number of primary amides is 1. The summed E-state index contributed by atoms with van der Waals surface area (Å²) < 4.78 is 0. The van der Waals surface area contributed by atoms with Gasteiger partial charge in [-0.1, -0.05) is 6.92 Å². The molecule has 23 heavy (non-hydrogen) atoms. The molecule has 0 bridgehead atoms. The standard InChI is InChI=1S/C18H28N4O/c1-14-5-7-22(8-6-14)17-13-15(3-4-16(17)18(19)23)21-11-9-20(2)10-12-21/h3-4,13-14H,5-12H2,1-2H3,(H2,19,23). The molecule has 2 heterocycles. The number of piperazine rings is 1. The highest BCUT2D eigenvalue weighted by Gasteiger charge is 2.22. The van der Waals surface area contributed by atoms with Crippen LogP contribution in [0.2, 0.25) is 0 Å². The first-order valence-electron chi connectivity index (χ1n) is 8.67. The lowest BCUT2D eigenvalue weighted by molar-refractivity contribution is 0.100. The predicted octanol–water partition coefficient (Wildman–Crippen LogP) is 1.77. The maximum absolute atomic E-state index is 11.8. The van der Waals surface area contributed by atoms with Gasteiger partial charge in [0.25, 0.3) is 5.91 Å². The highest BCUT2D eigenvalue weighted by atomic mass is 16.1. The summed E-state index contributed by atoms with van der Waals surface area (Å²) >= 11 is 0. The summed E-state index contributed by atoms with van der Waals surface area (Å²) in [6.07, 6.45) is 2.36. The van der Waals surface area contributed by atoms with E-state index < -0.39 is 0 Å². The molecule has 126 valence electrons. The van der Waals surface area contributed by atoms with Crippen molar-refractivity contribution in [2.75, 3.05) is 56.1 Å². The van der Waals surface area contributed by atoms with E-state index >= 15 is 0 Å². The van der Waals surface area contributed by atoms with Crippen LogP contribution in [0, 0.1) is 5.92 Å². The summed E-state index contributed by atoms with van der Waals surface area (Å²) in [6.45, 7) is 8.53. The minimum absolute atomic E-state index is 0.330. The van der Waals surface area contributed by atoms with Crippen molar-refractivity contribution in [3.05, 3.63) is 23.8 Å². The first-order valence-corrected chi connectivity index (χ1v) is 8.67. The van der Waals surface area contributed by atoms with E-state index in [-0.39, 0.29) is 5.91 Å². The third-order valence-electron chi connectivity index (χ3n) is 5.24. The van der Waals surface area contributed by atoms with Crippen molar-refractivity contribution in [1.82, 2.24) is 4.90 Å². The van der Waals surface area contributed by atoms with Crippen LogP contribution in [-0.2, 0) is 0 Å². The minimum Gasteiger partial charge on any atom is -0.371 e. The van der Waals surface area contributed by atoms with Gasteiger partial charge in [-0.2, -0.15) is 0 Å². The summed E-state index contributed by atoms with van der Waals surface area (Å²) in [6, 6.07) is 6.12. The average molecular weight is 316 g/mol. The Hall–Kier alpha value is -1.75. The van der Waals surface area contributed by atoms with Crippen LogP contribution >= 0.6 is 0 Å². The van der Waals surface area contributed by atoms with Crippen LogP contribution in [0.25, 0.3) is 0 Å². The van der Waals surface area contributed by atoms with Crippen LogP contribution < -0.4 is 15.5 Å². The molecule has 2 fully saturated rings. The number of anilines is 2. The maximum atomic E-state index is 11.8. The minimum atomic E-state index is -0.330. The van der Waals surface area contributed by atoms with Gasteiger partial charge in [-0.25, -0.2) is 0 Å². The Labute approximate surface area is 139 Å². The van der Waals surface area contributed by atoms with Crippen molar-refractivity contribution in [3.63, 3.8) is 0 Å². The molecular weight excluding hydrogens is 288 g/mol. The molecule has 2 aliphatic heterocycles. The number of carbonyl (C=O) groups is 1. The van der Waals surface area contributed by atoms with Gasteiger partial charge in [-0.15, -0.1) is 0 Å². The SMILES string of the molecule is CC1CCN(c2cc(N3CCN(C)CC3)ccc2C(N)=O)CC1. The first kappa shape index (κ1) is 16.1. The molecular formula is C18H28N4O. The third kappa shape index (κ3) is 3.61. The van der Waals surface area contributed by atoms with E-state index in [0.717, 1.165) is 50.9 Å². The molecule has 0 saturated carbocycles. The van der Waals surface area contributed by atoms with Crippen molar-refractivity contribution in [1.29, 1.82) is 0 Å². The second-order valence-electron chi connectivity index (χ2n) is 7.03. The van der Waals surface area contributed by atoms with Gasteiger partial charge in [0.2, 0.25) is 0 Å². The number of benzene rings is 1. The second kappa shape index (κ2) is 6.79. The number of carbonyl (C=O) groups excluding carboxylic acids is 1. The van der Waals surface area contributed by atoms with Crippen LogP contribution in [0.4, 0.5) is 11.4 Å². The molecule has 1 aromatic rings. The molecule has 0 aromatic heterocycles. The summed E-state index contributed by atoms with van der Waals surface area (Å²) in [5.41, 5.74) is 8.48. The quantitative estimate of drug-likeness (QED) is 0.923. The van der Waals surface area contributed by atoms with E-state index in [1.165, 1.54) is 18.5 Å². The smallest absolute Gasteiger partial charge is 0.250 e. The van der Waals surface area contributed by atoms with Crippen molar-refractivity contribution < 1.29 is 4.79 Å². The maximum Gasteiger partial charge on any atom is 0.250 e. The zero-order valence-corrected chi connectivity index (χ0v) is 14.3. The Balaban J connectivity index is 1.86. The van der Waals surface area contributed by atoms with E-state index in [1.54, 1.807) is 0 Å². The Morgan fingerprint density at radius 3 is 2.30 bits per heavy atom. The lowest BCUT2D eigenvalue weighted by Gasteiger charge is -2.36. The molecule has 2 saturated heterocycles. The van der Waals surface area contributed by atoms with Gasteiger partial charge in [-0.3, -0.25) is 4.79 Å². The average Bonchev–Trinajstić information content (AvgIpc) is 2.55. The van der Waals surface area contributed by atoms with Gasteiger partial charge in [0, 0.05) is 45.0 Å². The fourth-order valence-corrected chi connectivity index (χ4v) is 3.50. The number of likely N-dealkylation sites (N-methyl/N-ethyl adjacent to an activating group) is 1. The number of piperidine rings is 1. The second-order valence-corrected chi connectivity index (χ2v) is 7.03. The highest BCUT2D eigenvalue weighted by Crippen LogP contribution is 2.30. The molecule has 3 rings (SSSR count). The summed E-state index contributed by atoms with van der Waals surface area (Å²) in [7, 11) is 2.16. The number of hydrogen-bond acceptors (Lipinski definition) is 4. The van der Waals surface area contributed by atoms with Crippen LogP contribution in [0.1, 0.15) is 30.1 Å². The molecule has 0 atom stereocenters. The molecule has 0 radical (unpaired) electrons. The van der Waals surface area contributed by atoms with Crippen LogP contribution in [0.3, 0.4) is 0 Å². The van der Waals surface area contributed by atoms with Gasteiger partial charge < -0.3 is 20.4 Å². The summed E-state index contributed by atoms with van der Waals surface area (Å²) in [5.74, 6) is 0.438. The van der Waals surface area contributed by atoms with Gasteiger partial charge in [-0.05, 0) is 44.0 Å². The molecule has 0 spiro atoms. The first-order chi connectivity index (χ1) is 11.0.